The molecule has 0 saturated heterocycles. The molecule has 0 bridgehead atoms. The SMILES string of the molecule is CC(C)(C)OC(=O)n1cc(-c2ccsc2)c(N)n1. The molecule has 6 heteroatoms. The number of hydrogen-bond acceptors (Lipinski definition) is 5. The Hall–Kier alpha value is -1.82. The van der Waals surface area contributed by atoms with Crippen LogP contribution >= 0.6 is 11.3 Å². The van der Waals surface area contributed by atoms with E-state index in [1.807, 2.05) is 16.8 Å². The summed E-state index contributed by atoms with van der Waals surface area (Å²) in [6, 6.07) is 1.93. The molecule has 0 saturated carbocycles. The molecule has 5 nitrogen and oxygen atoms in total. The zero-order chi connectivity index (χ0) is 13.3. The lowest BCUT2D eigenvalue weighted by atomic mass is 10.2. The minimum atomic E-state index is -0.555. The first-order valence-corrected chi connectivity index (χ1v) is 6.42. The summed E-state index contributed by atoms with van der Waals surface area (Å²) in [7, 11) is 0. The number of nitrogen functional groups attached to an aromatic ring is 1. The van der Waals surface area contributed by atoms with Crippen LogP contribution in [0.1, 0.15) is 20.8 Å². The van der Waals surface area contributed by atoms with Crippen LogP contribution in [0.3, 0.4) is 0 Å². The van der Waals surface area contributed by atoms with Crippen molar-refractivity contribution in [3.8, 4) is 11.1 Å². The van der Waals surface area contributed by atoms with Gasteiger partial charge >= 0.3 is 6.09 Å². The Morgan fingerprint density at radius 3 is 2.78 bits per heavy atom. The first-order chi connectivity index (χ1) is 8.37. The van der Waals surface area contributed by atoms with Crippen LogP contribution in [0, 0.1) is 0 Å². The Balaban J connectivity index is 2.27. The quantitative estimate of drug-likeness (QED) is 0.860. The van der Waals surface area contributed by atoms with Gasteiger partial charge in [-0.05, 0) is 43.2 Å². The number of aromatic nitrogens is 2. The van der Waals surface area contributed by atoms with Crippen LogP contribution in [0.15, 0.2) is 23.0 Å². The molecule has 0 aliphatic rings. The van der Waals surface area contributed by atoms with Gasteiger partial charge in [0.1, 0.15) is 5.60 Å². The Kier molecular flexibility index (Phi) is 3.13. The van der Waals surface area contributed by atoms with Crippen molar-refractivity contribution in [3.05, 3.63) is 23.0 Å². The maximum atomic E-state index is 11.8. The summed E-state index contributed by atoms with van der Waals surface area (Å²) in [5, 5.41) is 7.87. The van der Waals surface area contributed by atoms with Crippen molar-refractivity contribution < 1.29 is 9.53 Å². The summed E-state index contributed by atoms with van der Waals surface area (Å²) >= 11 is 1.56. The summed E-state index contributed by atoms with van der Waals surface area (Å²) in [5.41, 5.74) is 6.93. The average Bonchev–Trinajstić information content (AvgIpc) is 2.82. The van der Waals surface area contributed by atoms with Crippen LogP contribution in [0.5, 0.6) is 0 Å². The van der Waals surface area contributed by atoms with E-state index in [4.69, 9.17) is 10.5 Å². The molecule has 0 aromatic carbocycles. The third-order valence-corrected chi connectivity index (χ3v) is 2.84. The Bertz CT molecular complexity index is 552. The van der Waals surface area contributed by atoms with Gasteiger partial charge in [-0.15, -0.1) is 5.10 Å². The van der Waals surface area contributed by atoms with E-state index in [-0.39, 0.29) is 0 Å². The van der Waals surface area contributed by atoms with Crippen molar-refractivity contribution in [2.75, 3.05) is 5.73 Å². The number of thiophene rings is 1. The fourth-order valence-electron chi connectivity index (χ4n) is 1.43. The molecule has 2 aromatic heterocycles. The highest BCUT2D eigenvalue weighted by molar-refractivity contribution is 7.08. The molecule has 0 spiro atoms. The van der Waals surface area contributed by atoms with Gasteiger partial charge in [-0.2, -0.15) is 16.0 Å². The largest absolute Gasteiger partial charge is 0.442 e. The number of nitrogens with zero attached hydrogens (tertiary/aromatic N) is 2. The number of carbonyl (C=O) groups excluding carboxylic acids is 1. The van der Waals surface area contributed by atoms with E-state index in [1.54, 1.807) is 38.3 Å². The predicted molar refractivity (Wildman–Crippen MR) is 71.6 cm³/mol. The molecule has 2 heterocycles. The molecule has 0 unspecified atom stereocenters. The standard InChI is InChI=1S/C12H15N3O2S/c1-12(2,3)17-11(16)15-6-9(10(13)14-15)8-4-5-18-7-8/h4-7H,1-3H3,(H2,13,14). The highest BCUT2D eigenvalue weighted by Gasteiger charge is 2.20. The van der Waals surface area contributed by atoms with Gasteiger partial charge in [0.05, 0.1) is 0 Å². The number of hydrogen-bond donors (Lipinski definition) is 1. The van der Waals surface area contributed by atoms with Crippen LogP contribution in [0.4, 0.5) is 10.6 Å². The summed E-state index contributed by atoms with van der Waals surface area (Å²) in [6.45, 7) is 5.41. The summed E-state index contributed by atoms with van der Waals surface area (Å²) < 4.78 is 6.35. The Morgan fingerprint density at radius 2 is 2.22 bits per heavy atom. The normalized spacial score (nSPS) is 11.5. The van der Waals surface area contributed by atoms with Crippen molar-refractivity contribution in [1.29, 1.82) is 0 Å². The van der Waals surface area contributed by atoms with Gasteiger partial charge in [-0.1, -0.05) is 0 Å². The smallest absolute Gasteiger partial charge is 0.435 e. The first kappa shape index (κ1) is 12.6. The van der Waals surface area contributed by atoms with Crippen molar-refractivity contribution in [3.63, 3.8) is 0 Å². The molecule has 0 radical (unpaired) electrons. The van der Waals surface area contributed by atoms with E-state index >= 15 is 0 Å². The van der Waals surface area contributed by atoms with Crippen molar-refractivity contribution in [2.45, 2.75) is 26.4 Å². The Morgan fingerprint density at radius 1 is 1.50 bits per heavy atom. The van der Waals surface area contributed by atoms with Crippen molar-refractivity contribution in [1.82, 2.24) is 9.78 Å². The fraction of sp³-hybridized carbons (Fsp3) is 0.333. The monoisotopic (exact) mass is 265 g/mol. The first-order valence-electron chi connectivity index (χ1n) is 5.48. The highest BCUT2D eigenvalue weighted by atomic mass is 32.1. The molecule has 2 rings (SSSR count). The molecule has 0 amide bonds. The van der Waals surface area contributed by atoms with Crippen LogP contribution in [-0.4, -0.2) is 21.5 Å². The molecule has 0 fully saturated rings. The van der Waals surface area contributed by atoms with Crippen molar-refractivity contribution >= 4 is 23.2 Å². The number of rotatable bonds is 1. The molecule has 2 aromatic rings. The number of anilines is 1. The topological polar surface area (TPSA) is 70.1 Å². The van der Waals surface area contributed by atoms with Crippen LogP contribution < -0.4 is 5.73 Å². The van der Waals surface area contributed by atoms with Gasteiger partial charge < -0.3 is 10.5 Å². The maximum Gasteiger partial charge on any atom is 0.435 e. The van der Waals surface area contributed by atoms with E-state index in [9.17, 15) is 4.79 Å². The minimum absolute atomic E-state index is 0.319. The van der Waals surface area contributed by atoms with Crippen LogP contribution in [0.25, 0.3) is 11.1 Å². The molecule has 0 atom stereocenters. The van der Waals surface area contributed by atoms with Gasteiger partial charge in [0.2, 0.25) is 0 Å². The van der Waals surface area contributed by atoms with Crippen LogP contribution in [-0.2, 0) is 4.74 Å². The second-order valence-electron chi connectivity index (χ2n) is 4.86. The van der Waals surface area contributed by atoms with Crippen LogP contribution in [0.2, 0.25) is 0 Å². The highest BCUT2D eigenvalue weighted by Crippen LogP contribution is 2.26. The summed E-state index contributed by atoms with van der Waals surface area (Å²) in [6.07, 6.45) is 1.06. The van der Waals surface area contributed by atoms with E-state index in [0.29, 0.717) is 5.82 Å². The summed E-state index contributed by atoms with van der Waals surface area (Å²) in [4.78, 5) is 11.8. The van der Waals surface area contributed by atoms with Gasteiger partial charge in [0.15, 0.2) is 5.82 Å². The second-order valence-corrected chi connectivity index (χ2v) is 5.64. The van der Waals surface area contributed by atoms with E-state index in [2.05, 4.69) is 5.10 Å². The molecule has 0 aliphatic heterocycles. The summed E-state index contributed by atoms with van der Waals surface area (Å²) in [5.74, 6) is 0.319. The average molecular weight is 265 g/mol. The Labute approximate surface area is 109 Å². The predicted octanol–water partition coefficient (Wildman–Crippen LogP) is 2.98. The zero-order valence-electron chi connectivity index (χ0n) is 10.5. The zero-order valence-corrected chi connectivity index (χ0v) is 11.3. The third kappa shape index (κ3) is 2.70. The lowest BCUT2D eigenvalue weighted by molar-refractivity contribution is 0.0515. The number of carbonyl (C=O) groups is 1. The lowest BCUT2D eigenvalue weighted by Gasteiger charge is -2.18. The number of nitrogens with two attached hydrogens (primary N) is 1. The molecule has 96 valence electrons. The second kappa shape index (κ2) is 4.45. The van der Waals surface area contributed by atoms with E-state index < -0.39 is 11.7 Å². The minimum Gasteiger partial charge on any atom is -0.442 e. The van der Waals surface area contributed by atoms with Crippen molar-refractivity contribution in [2.24, 2.45) is 0 Å². The third-order valence-electron chi connectivity index (χ3n) is 2.16. The van der Waals surface area contributed by atoms with Gasteiger partial charge in [0, 0.05) is 11.8 Å². The van der Waals surface area contributed by atoms with Gasteiger partial charge in [0.25, 0.3) is 0 Å². The van der Waals surface area contributed by atoms with E-state index in [1.165, 1.54) is 0 Å². The molecular formula is C12H15N3O2S. The number of ether oxygens (including phenoxy) is 1. The molecular weight excluding hydrogens is 250 g/mol. The van der Waals surface area contributed by atoms with E-state index in [0.717, 1.165) is 15.8 Å². The molecule has 2 N–H and O–H groups in total. The molecule has 18 heavy (non-hydrogen) atoms. The lowest BCUT2D eigenvalue weighted by Crippen LogP contribution is -2.27. The van der Waals surface area contributed by atoms with Gasteiger partial charge in [-0.3, -0.25) is 0 Å². The molecule has 0 aliphatic carbocycles. The van der Waals surface area contributed by atoms with Gasteiger partial charge in [-0.25, -0.2) is 4.79 Å². The maximum absolute atomic E-state index is 11.8. The fourth-order valence-corrected chi connectivity index (χ4v) is 2.09.